The fourth-order valence-corrected chi connectivity index (χ4v) is 5.92. The number of ether oxygens (including phenoxy) is 1. The standard InChI is InChI=1S/C19H24N4O3S2/c1-10-4-7-13-14(8-10)28-17(16(13)18(25)26-3)20-15(24)9-27-19-22-21-11(2)23(19)12-5-6-12/h10,12H,4-9H2,1-3H3,(H,20,24)/t10-/m1/s1. The molecule has 2 aromatic heterocycles. The number of methoxy groups -OCH3 is 1. The van der Waals surface area contributed by atoms with Crippen molar-refractivity contribution < 1.29 is 14.3 Å². The van der Waals surface area contributed by atoms with Gasteiger partial charge < -0.3 is 14.6 Å². The lowest BCUT2D eigenvalue weighted by atomic mass is 9.88. The molecule has 1 amide bonds. The molecule has 1 atom stereocenters. The van der Waals surface area contributed by atoms with Gasteiger partial charge in [-0.25, -0.2) is 4.79 Å². The lowest BCUT2D eigenvalue weighted by Gasteiger charge is -2.18. The number of aryl methyl sites for hydroxylation is 1. The van der Waals surface area contributed by atoms with Gasteiger partial charge in [0.15, 0.2) is 5.16 Å². The maximum Gasteiger partial charge on any atom is 0.341 e. The molecule has 9 heteroatoms. The highest BCUT2D eigenvalue weighted by atomic mass is 32.2. The average molecular weight is 421 g/mol. The zero-order valence-electron chi connectivity index (χ0n) is 16.3. The van der Waals surface area contributed by atoms with Crippen LogP contribution in [0.2, 0.25) is 0 Å². The van der Waals surface area contributed by atoms with Gasteiger partial charge in [-0.2, -0.15) is 0 Å². The molecule has 2 aromatic rings. The van der Waals surface area contributed by atoms with Crippen LogP contribution in [0, 0.1) is 12.8 Å². The summed E-state index contributed by atoms with van der Waals surface area (Å²) in [4.78, 5) is 26.1. The molecule has 1 fully saturated rings. The highest BCUT2D eigenvalue weighted by Gasteiger charge is 2.30. The molecule has 2 heterocycles. The molecule has 0 bridgehead atoms. The van der Waals surface area contributed by atoms with Crippen LogP contribution < -0.4 is 5.32 Å². The fraction of sp³-hybridized carbons (Fsp3) is 0.579. The quantitative estimate of drug-likeness (QED) is 0.567. The van der Waals surface area contributed by atoms with Crippen LogP contribution in [-0.4, -0.2) is 39.5 Å². The minimum absolute atomic E-state index is 0.148. The van der Waals surface area contributed by atoms with Crippen molar-refractivity contribution in [2.75, 3.05) is 18.2 Å². The van der Waals surface area contributed by atoms with Crippen molar-refractivity contribution in [3.05, 3.63) is 21.8 Å². The third kappa shape index (κ3) is 3.82. The van der Waals surface area contributed by atoms with Gasteiger partial charge >= 0.3 is 5.97 Å². The highest BCUT2D eigenvalue weighted by molar-refractivity contribution is 7.99. The van der Waals surface area contributed by atoms with Gasteiger partial charge in [0.05, 0.1) is 18.4 Å². The molecule has 0 aliphatic heterocycles. The third-order valence-corrected chi connectivity index (χ3v) is 7.35. The van der Waals surface area contributed by atoms with E-state index in [1.807, 2.05) is 6.92 Å². The van der Waals surface area contributed by atoms with Crippen molar-refractivity contribution in [3.8, 4) is 0 Å². The Morgan fingerprint density at radius 1 is 1.32 bits per heavy atom. The predicted molar refractivity (Wildman–Crippen MR) is 109 cm³/mol. The van der Waals surface area contributed by atoms with E-state index in [4.69, 9.17) is 4.74 Å². The molecule has 1 saturated carbocycles. The normalized spacial score (nSPS) is 18.6. The molecule has 2 aliphatic rings. The van der Waals surface area contributed by atoms with Gasteiger partial charge in [-0.3, -0.25) is 4.79 Å². The van der Waals surface area contributed by atoms with E-state index in [9.17, 15) is 9.59 Å². The summed E-state index contributed by atoms with van der Waals surface area (Å²) in [6.07, 6.45) is 5.12. The number of esters is 1. The molecule has 2 aliphatic carbocycles. The molecule has 1 N–H and O–H groups in total. The van der Waals surface area contributed by atoms with E-state index in [1.165, 1.54) is 35.1 Å². The van der Waals surface area contributed by atoms with Crippen LogP contribution in [0.4, 0.5) is 5.00 Å². The van der Waals surface area contributed by atoms with Gasteiger partial charge in [-0.1, -0.05) is 18.7 Å². The van der Waals surface area contributed by atoms with Crippen LogP contribution in [0.3, 0.4) is 0 Å². The van der Waals surface area contributed by atoms with Crippen LogP contribution in [-0.2, 0) is 22.4 Å². The summed E-state index contributed by atoms with van der Waals surface area (Å²) in [5.74, 6) is 1.18. The first-order valence-electron chi connectivity index (χ1n) is 9.55. The molecule has 0 radical (unpaired) electrons. The maximum absolute atomic E-state index is 12.6. The number of hydrogen-bond donors (Lipinski definition) is 1. The number of carbonyl (C=O) groups is 2. The van der Waals surface area contributed by atoms with Crippen LogP contribution >= 0.6 is 23.1 Å². The van der Waals surface area contributed by atoms with Gasteiger partial charge in [-0.15, -0.1) is 21.5 Å². The second-order valence-electron chi connectivity index (χ2n) is 7.52. The molecule has 7 nitrogen and oxygen atoms in total. The molecular formula is C19H24N4O3S2. The number of thiophene rings is 1. The Bertz CT molecular complexity index is 917. The number of anilines is 1. The number of amides is 1. The van der Waals surface area contributed by atoms with Crippen molar-refractivity contribution in [2.45, 2.75) is 57.1 Å². The largest absolute Gasteiger partial charge is 0.465 e. The Morgan fingerprint density at radius 2 is 2.11 bits per heavy atom. The fourth-order valence-electron chi connectivity index (χ4n) is 3.65. The van der Waals surface area contributed by atoms with Crippen molar-refractivity contribution in [1.82, 2.24) is 14.8 Å². The van der Waals surface area contributed by atoms with Gasteiger partial charge in [0.1, 0.15) is 10.8 Å². The van der Waals surface area contributed by atoms with E-state index in [0.29, 0.717) is 22.5 Å². The van der Waals surface area contributed by atoms with Crippen molar-refractivity contribution in [1.29, 1.82) is 0 Å². The van der Waals surface area contributed by atoms with Crippen LogP contribution in [0.1, 0.15) is 58.9 Å². The zero-order valence-corrected chi connectivity index (χ0v) is 17.9. The maximum atomic E-state index is 12.6. The van der Waals surface area contributed by atoms with E-state index in [2.05, 4.69) is 27.0 Å². The highest BCUT2D eigenvalue weighted by Crippen LogP contribution is 2.41. The zero-order chi connectivity index (χ0) is 19.8. The molecule has 0 spiro atoms. The monoisotopic (exact) mass is 420 g/mol. The molecule has 0 unspecified atom stereocenters. The summed E-state index contributed by atoms with van der Waals surface area (Å²) in [5.41, 5.74) is 1.58. The Kier molecular flexibility index (Phi) is 5.46. The number of aromatic nitrogens is 3. The summed E-state index contributed by atoms with van der Waals surface area (Å²) in [6.45, 7) is 4.16. The van der Waals surface area contributed by atoms with E-state index in [0.717, 1.165) is 48.6 Å². The first-order chi connectivity index (χ1) is 13.5. The lowest BCUT2D eigenvalue weighted by Crippen LogP contribution is -2.17. The smallest absolute Gasteiger partial charge is 0.341 e. The second-order valence-corrected chi connectivity index (χ2v) is 9.56. The summed E-state index contributed by atoms with van der Waals surface area (Å²) >= 11 is 2.89. The minimum atomic E-state index is -0.376. The molecule has 150 valence electrons. The van der Waals surface area contributed by atoms with E-state index in [1.54, 1.807) is 0 Å². The summed E-state index contributed by atoms with van der Waals surface area (Å²) in [7, 11) is 1.38. The van der Waals surface area contributed by atoms with Crippen molar-refractivity contribution >= 4 is 40.0 Å². The lowest BCUT2D eigenvalue weighted by molar-refractivity contribution is -0.113. The van der Waals surface area contributed by atoms with Gasteiger partial charge in [0.25, 0.3) is 0 Å². The second kappa shape index (κ2) is 7.87. The van der Waals surface area contributed by atoms with Crippen LogP contribution in [0.25, 0.3) is 0 Å². The Morgan fingerprint density at radius 3 is 2.82 bits per heavy atom. The SMILES string of the molecule is COC(=O)c1c(NC(=O)CSc2nnc(C)n2C2CC2)sc2c1CC[C@@H](C)C2. The average Bonchev–Trinajstić information content (AvgIpc) is 3.34. The summed E-state index contributed by atoms with van der Waals surface area (Å²) < 4.78 is 7.09. The number of rotatable bonds is 6. The van der Waals surface area contributed by atoms with Gasteiger partial charge in [0.2, 0.25) is 5.91 Å². The topological polar surface area (TPSA) is 86.1 Å². The summed E-state index contributed by atoms with van der Waals surface area (Å²) in [5, 5.41) is 12.7. The first-order valence-corrected chi connectivity index (χ1v) is 11.3. The molecule has 0 saturated heterocycles. The predicted octanol–water partition coefficient (Wildman–Crippen LogP) is 3.63. The number of nitrogens with zero attached hydrogens (tertiary/aromatic N) is 3. The minimum Gasteiger partial charge on any atom is -0.465 e. The van der Waals surface area contributed by atoms with Gasteiger partial charge in [0, 0.05) is 10.9 Å². The summed E-state index contributed by atoms with van der Waals surface area (Å²) in [6, 6.07) is 0.470. The number of hydrogen-bond acceptors (Lipinski definition) is 7. The van der Waals surface area contributed by atoms with E-state index in [-0.39, 0.29) is 17.6 Å². The molecule has 0 aromatic carbocycles. The third-order valence-electron chi connectivity index (χ3n) is 5.23. The number of carbonyl (C=O) groups excluding carboxylic acids is 2. The van der Waals surface area contributed by atoms with Crippen molar-refractivity contribution in [3.63, 3.8) is 0 Å². The Balaban J connectivity index is 1.48. The van der Waals surface area contributed by atoms with Crippen LogP contribution in [0.5, 0.6) is 0 Å². The Hall–Kier alpha value is -1.87. The molecule has 28 heavy (non-hydrogen) atoms. The van der Waals surface area contributed by atoms with E-state index >= 15 is 0 Å². The Labute approximate surface area is 172 Å². The molecule has 4 rings (SSSR count). The number of fused-ring (bicyclic) bond motifs is 1. The first kappa shape index (κ1) is 19.4. The number of thioether (sulfide) groups is 1. The van der Waals surface area contributed by atoms with Gasteiger partial charge in [-0.05, 0) is 50.5 Å². The van der Waals surface area contributed by atoms with E-state index < -0.39 is 0 Å². The van der Waals surface area contributed by atoms with Crippen LogP contribution in [0.15, 0.2) is 5.16 Å². The van der Waals surface area contributed by atoms with Crippen molar-refractivity contribution in [2.24, 2.45) is 5.92 Å². The molecular weight excluding hydrogens is 396 g/mol. The number of nitrogens with one attached hydrogen (secondary N) is 1.